The van der Waals surface area contributed by atoms with Crippen molar-refractivity contribution in [2.75, 3.05) is 0 Å². The second-order valence-corrected chi connectivity index (χ2v) is 6.06. The molecule has 4 heteroatoms. The highest BCUT2D eigenvalue weighted by atomic mass is 16.2. The average molecular weight is 326 g/mol. The minimum Gasteiger partial charge on any atom is -0.290 e. The van der Waals surface area contributed by atoms with Crippen molar-refractivity contribution in [2.45, 2.75) is 40.5 Å². The first-order chi connectivity index (χ1) is 11.1. The predicted octanol–water partition coefficient (Wildman–Crippen LogP) is 2.82. The van der Waals surface area contributed by atoms with Crippen LogP contribution in [0, 0.1) is 13.8 Å². The van der Waals surface area contributed by atoms with Gasteiger partial charge < -0.3 is 0 Å². The standard InChI is InChI=1S/C20H22O4/c1-11(2)19(23)17(21)9-15-8-7-13(5)14(6)16(15)10-18(22)20(24)12(3)4/h7-8H,1,3,9-10H2,2,4-6H3. The Kier molecular flexibility index (Phi) is 6.29. The van der Waals surface area contributed by atoms with Gasteiger partial charge in [-0.1, -0.05) is 25.3 Å². The first kappa shape index (κ1) is 19.4. The Hall–Kier alpha value is -2.62. The van der Waals surface area contributed by atoms with Crippen LogP contribution in [-0.2, 0) is 32.0 Å². The molecule has 0 aliphatic heterocycles. The third-order valence-electron chi connectivity index (χ3n) is 3.94. The first-order valence-corrected chi connectivity index (χ1v) is 7.60. The molecule has 1 rings (SSSR count). The Labute approximate surface area is 142 Å². The fourth-order valence-electron chi connectivity index (χ4n) is 2.31. The van der Waals surface area contributed by atoms with Gasteiger partial charge in [-0.3, -0.25) is 19.2 Å². The number of aryl methyl sites for hydroxylation is 1. The van der Waals surface area contributed by atoms with Crippen molar-refractivity contribution in [1.82, 2.24) is 0 Å². The molecule has 0 atom stereocenters. The molecule has 4 nitrogen and oxygen atoms in total. The molecule has 0 radical (unpaired) electrons. The number of carbonyl (C=O) groups excluding carboxylic acids is 4. The fourth-order valence-corrected chi connectivity index (χ4v) is 2.31. The van der Waals surface area contributed by atoms with Crippen LogP contribution in [0.3, 0.4) is 0 Å². The van der Waals surface area contributed by atoms with E-state index >= 15 is 0 Å². The van der Waals surface area contributed by atoms with Crippen molar-refractivity contribution < 1.29 is 19.2 Å². The summed E-state index contributed by atoms with van der Waals surface area (Å²) in [5.41, 5.74) is 3.35. The molecule has 0 aromatic heterocycles. The van der Waals surface area contributed by atoms with Gasteiger partial charge in [0.1, 0.15) is 0 Å². The fraction of sp³-hybridized carbons (Fsp3) is 0.300. The topological polar surface area (TPSA) is 68.3 Å². The van der Waals surface area contributed by atoms with Gasteiger partial charge in [-0.05, 0) is 61.1 Å². The molecule has 1 aromatic carbocycles. The van der Waals surface area contributed by atoms with Crippen LogP contribution in [0.15, 0.2) is 36.4 Å². The quantitative estimate of drug-likeness (QED) is 0.544. The molecule has 0 bridgehead atoms. The summed E-state index contributed by atoms with van der Waals surface area (Å²) in [5, 5.41) is 0. The van der Waals surface area contributed by atoms with Crippen LogP contribution in [0.5, 0.6) is 0 Å². The van der Waals surface area contributed by atoms with Gasteiger partial charge in [-0.25, -0.2) is 0 Å². The van der Waals surface area contributed by atoms with E-state index in [0.717, 1.165) is 11.1 Å². The van der Waals surface area contributed by atoms with Crippen LogP contribution >= 0.6 is 0 Å². The van der Waals surface area contributed by atoms with Gasteiger partial charge in [-0.15, -0.1) is 0 Å². The van der Waals surface area contributed by atoms with E-state index in [1.54, 1.807) is 6.07 Å². The van der Waals surface area contributed by atoms with Gasteiger partial charge >= 0.3 is 0 Å². The van der Waals surface area contributed by atoms with Crippen LogP contribution in [0.4, 0.5) is 0 Å². The summed E-state index contributed by atoms with van der Waals surface area (Å²) < 4.78 is 0. The zero-order valence-corrected chi connectivity index (χ0v) is 14.6. The van der Waals surface area contributed by atoms with Crippen LogP contribution in [0.25, 0.3) is 0 Å². The number of hydrogen-bond donors (Lipinski definition) is 0. The van der Waals surface area contributed by atoms with Crippen molar-refractivity contribution in [3.63, 3.8) is 0 Å². The highest BCUT2D eigenvalue weighted by Gasteiger charge is 2.21. The number of hydrogen-bond acceptors (Lipinski definition) is 4. The van der Waals surface area contributed by atoms with Gasteiger partial charge in [0.2, 0.25) is 23.1 Å². The summed E-state index contributed by atoms with van der Waals surface area (Å²) in [6, 6.07) is 3.55. The maximum atomic E-state index is 12.1. The monoisotopic (exact) mass is 326 g/mol. The van der Waals surface area contributed by atoms with E-state index in [1.807, 2.05) is 19.9 Å². The largest absolute Gasteiger partial charge is 0.290 e. The minimum absolute atomic E-state index is 0.108. The maximum absolute atomic E-state index is 12.1. The smallest absolute Gasteiger partial charge is 0.224 e. The summed E-state index contributed by atoms with van der Waals surface area (Å²) in [5.74, 6) is -2.39. The lowest BCUT2D eigenvalue weighted by Gasteiger charge is -2.14. The predicted molar refractivity (Wildman–Crippen MR) is 93.0 cm³/mol. The molecule has 0 N–H and O–H groups in total. The highest BCUT2D eigenvalue weighted by Crippen LogP contribution is 2.21. The normalized spacial score (nSPS) is 10.2. The molecule has 0 saturated carbocycles. The van der Waals surface area contributed by atoms with E-state index in [0.29, 0.717) is 11.1 Å². The second kappa shape index (κ2) is 7.77. The van der Waals surface area contributed by atoms with E-state index in [2.05, 4.69) is 13.2 Å². The summed E-state index contributed by atoms with van der Waals surface area (Å²) in [4.78, 5) is 47.7. The summed E-state index contributed by atoms with van der Waals surface area (Å²) in [6.45, 7) is 13.7. The van der Waals surface area contributed by atoms with Gasteiger partial charge in [0.05, 0.1) is 0 Å². The Morgan fingerprint density at radius 3 is 1.75 bits per heavy atom. The van der Waals surface area contributed by atoms with Crippen molar-refractivity contribution in [3.8, 4) is 0 Å². The zero-order chi connectivity index (χ0) is 18.6. The lowest BCUT2D eigenvalue weighted by Crippen LogP contribution is -2.21. The summed E-state index contributed by atoms with van der Waals surface area (Å²) in [7, 11) is 0. The average Bonchev–Trinajstić information content (AvgIpc) is 2.52. The third-order valence-corrected chi connectivity index (χ3v) is 3.94. The number of carbonyl (C=O) groups is 4. The Bertz CT molecular complexity index is 766. The zero-order valence-electron chi connectivity index (χ0n) is 14.6. The first-order valence-electron chi connectivity index (χ1n) is 7.60. The van der Waals surface area contributed by atoms with Gasteiger partial charge in [0.15, 0.2) is 0 Å². The molecule has 0 saturated heterocycles. The van der Waals surface area contributed by atoms with E-state index in [9.17, 15) is 19.2 Å². The van der Waals surface area contributed by atoms with Crippen LogP contribution < -0.4 is 0 Å². The molecule has 0 aliphatic rings. The molecule has 0 amide bonds. The van der Waals surface area contributed by atoms with E-state index in [1.165, 1.54) is 13.8 Å². The number of ketones is 4. The maximum Gasteiger partial charge on any atom is 0.224 e. The highest BCUT2D eigenvalue weighted by molar-refractivity contribution is 6.44. The Morgan fingerprint density at radius 2 is 1.29 bits per heavy atom. The van der Waals surface area contributed by atoms with Crippen LogP contribution in [0.1, 0.15) is 36.1 Å². The number of allylic oxidation sites excluding steroid dienone is 2. The van der Waals surface area contributed by atoms with Gasteiger partial charge in [0, 0.05) is 12.8 Å². The SMILES string of the molecule is C=C(C)C(=O)C(=O)Cc1ccc(C)c(C)c1CC(=O)C(=O)C(=C)C. The van der Waals surface area contributed by atoms with Gasteiger partial charge in [0.25, 0.3) is 0 Å². The molecule has 24 heavy (non-hydrogen) atoms. The number of benzene rings is 1. The van der Waals surface area contributed by atoms with Gasteiger partial charge in [-0.2, -0.15) is 0 Å². The van der Waals surface area contributed by atoms with Crippen molar-refractivity contribution in [1.29, 1.82) is 0 Å². The lowest BCUT2D eigenvalue weighted by molar-refractivity contribution is -0.134. The Morgan fingerprint density at radius 1 is 0.833 bits per heavy atom. The van der Waals surface area contributed by atoms with E-state index < -0.39 is 23.1 Å². The molecular formula is C20H22O4. The summed E-state index contributed by atoms with van der Waals surface area (Å²) in [6.07, 6.45) is -0.222. The summed E-state index contributed by atoms with van der Waals surface area (Å²) >= 11 is 0. The second-order valence-electron chi connectivity index (χ2n) is 6.06. The molecule has 1 aromatic rings. The molecule has 0 heterocycles. The van der Waals surface area contributed by atoms with Crippen LogP contribution in [0.2, 0.25) is 0 Å². The molecular weight excluding hydrogens is 304 g/mol. The van der Waals surface area contributed by atoms with Crippen molar-refractivity contribution in [3.05, 3.63) is 58.7 Å². The number of Topliss-reactive ketones (excluding diaryl/α,β-unsaturated/α-hetero) is 4. The molecule has 0 unspecified atom stereocenters. The molecule has 126 valence electrons. The van der Waals surface area contributed by atoms with Crippen molar-refractivity contribution >= 4 is 23.1 Å². The molecule has 0 spiro atoms. The lowest BCUT2D eigenvalue weighted by atomic mass is 9.89. The molecule has 0 aliphatic carbocycles. The van der Waals surface area contributed by atoms with Crippen molar-refractivity contribution in [2.24, 2.45) is 0 Å². The van der Waals surface area contributed by atoms with Crippen LogP contribution in [-0.4, -0.2) is 23.1 Å². The minimum atomic E-state index is -0.622. The third kappa shape index (κ3) is 4.44. The number of rotatable bonds is 8. The van der Waals surface area contributed by atoms with E-state index in [-0.39, 0.29) is 24.0 Å². The van der Waals surface area contributed by atoms with E-state index in [4.69, 9.17) is 0 Å². The molecule has 0 fully saturated rings. The Balaban J connectivity index is 3.21.